The van der Waals surface area contributed by atoms with Crippen molar-refractivity contribution in [3.8, 4) is 0 Å². The summed E-state index contributed by atoms with van der Waals surface area (Å²) in [5, 5.41) is 12.1. The van der Waals surface area contributed by atoms with Crippen LogP contribution in [-0.2, 0) is 4.79 Å². The molecule has 1 unspecified atom stereocenters. The minimum absolute atomic E-state index is 0.376. The number of amides is 2. The van der Waals surface area contributed by atoms with E-state index in [1.807, 2.05) is 25.1 Å². The Labute approximate surface area is 126 Å². The zero-order valence-electron chi connectivity index (χ0n) is 11.4. The molecule has 1 heterocycles. The Balaban J connectivity index is 2.20. The summed E-state index contributed by atoms with van der Waals surface area (Å²) in [5.41, 5.74) is 0.543. The summed E-state index contributed by atoms with van der Waals surface area (Å²) in [4.78, 5) is 25.1. The van der Waals surface area contributed by atoms with Gasteiger partial charge in [0.25, 0.3) is 0 Å². The van der Waals surface area contributed by atoms with Crippen molar-refractivity contribution in [2.24, 2.45) is 0 Å². The number of aryl methyl sites for hydroxylation is 1. The number of carbonyl (C=O) groups is 2. The Hall–Kier alpha value is -1.56. The average molecular weight is 341 g/mol. The number of halogens is 1. The van der Waals surface area contributed by atoms with E-state index in [-0.39, 0.29) is 6.03 Å². The molecule has 108 valence electrons. The molecule has 1 aromatic rings. The number of urea groups is 1. The van der Waals surface area contributed by atoms with Gasteiger partial charge in [-0.15, -0.1) is 0 Å². The van der Waals surface area contributed by atoms with Crippen molar-refractivity contribution < 1.29 is 14.7 Å². The second kappa shape index (κ2) is 5.44. The number of carboxylic acid groups (broad SMARTS) is 1. The maximum absolute atomic E-state index is 12.3. The average Bonchev–Trinajstić information content (AvgIpc) is 2.77. The fourth-order valence-electron chi connectivity index (χ4n) is 2.43. The van der Waals surface area contributed by atoms with Crippen molar-refractivity contribution >= 4 is 33.6 Å². The highest BCUT2D eigenvalue weighted by Gasteiger charge is 2.46. The van der Waals surface area contributed by atoms with Crippen LogP contribution < -0.4 is 5.32 Å². The number of rotatable bonds is 2. The van der Waals surface area contributed by atoms with E-state index in [9.17, 15) is 14.7 Å². The molecule has 6 heteroatoms. The van der Waals surface area contributed by atoms with Crippen LogP contribution in [0.25, 0.3) is 0 Å². The molecule has 1 aliphatic heterocycles. The highest BCUT2D eigenvalue weighted by atomic mass is 79.9. The summed E-state index contributed by atoms with van der Waals surface area (Å²) in [6, 6.07) is 5.25. The Morgan fingerprint density at radius 3 is 2.80 bits per heavy atom. The third-order valence-electron chi connectivity index (χ3n) is 3.71. The van der Waals surface area contributed by atoms with Crippen molar-refractivity contribution in [1.82, 2.24) is 4.90 Å². The van der Waals surface area contributed by atoms with Gasteiger partial charge < -0.3 is 15.3 Å². The molecular weight excluding hydrogens is 324 g/mol. The smallest absolute Gasteiger partial charge is 0.329 e. The summed E-state index contributed by atoms with van der Waals surface area (Å²) in [7, 11) is 0. The molecule has 0 radical (unpaired) electrons. The van der Waals surface area contributed by atoms with E-state index in [2.05, 4.69) is 21.2 Å². The molecule has 0 bridgehead atoms. The molecular formula is C14H17BrN2O3. The number of nitrogens with zero attached hydrogens (tertiary/aromatic N) is 1. The highest BCUT2D eigenvalue weighted by molar-refractivity contribution is 9.10. The SMILES string of the molecule is Cc1ccc(Br)c(NC(=O)N2CCCC2(C)C(=O)O)c1. The third kappa shape index (κ3) is 2.65. The largest absolute Gasteiger partial charge is 0.480 e. The molecule has 1 atom stereocenters. The predicted octanol–water partition coefficient (Wildman–Crippen LogP) is 3.23. The van der Waals surface area contributed by atoms with E-state index in [0.717, 1.165) is 10.0 Å². The molecule has 0 spiro atoms. The summed E-state index contributed by atoms with van der Waals surface area (Å²) in [6.07, 6.45) is 1.18. The summed E-state index contributed by atoms with van der Waals surface area (Å²) in [5.74, 6) is -0.964. The molecule has 2 rings (SSSR count). The zero-order valence-corrected chi connectivity index (χ0v) is 13.0. The van der Waals surface area contributed by atoms with E-state index < -0.39 is 11.5 Å². The quantitative estimate of drug-likeness (QED) is 0.868. The lowest BCUT2D eigenvalue weighted by atomic mass is 10.00. The molecule has 1 fully saturated rings. The molecule has 2 amide bonds. The Bertz CT molecular complexity index is 561. The molecule has 1 saturated heterocycles. The third-order valence-corrected chi connectivity index (χ3v) is 4.40. The zero-order chi connectivity index (χ0) is 14.9. The van der Waals surface area contributed by atoms with Gasteiger partial charge in [0, 0.05) is 11.0 Å². The number of likely N-dealkylation sites (tertiary alicyclic amines) is 1. The van der Waals surface area contributed by atoms with E-state index in [1.165, 1.54) is 4.90 Å². The van der Waals surface area contributed by atoms with Crippen molar-refractivity contribution in [2.75, 3.05) is 11.9 Å². The minimum atomic E-state index is -1.12. The molecule has 0 aliphatic carbocycles. The van der Waals surface area contributed by atoms with E-state index >= 15 is 0 Å². The molecule has 5 nitrogen and oxygen atoms in total. The molecule has 0 saturated carbocycles. The number of hydrogen-bond donors (Lipinski definition) is 2. The van der Waals surface area contributed by atoms with Gasteiger partial charge in [-0.05, 0) is 60.3 Å². The first-order valence-corrected chi connectivity index (χ1v) is 7.22. The second-order valence-electron chi connectivity index (χ2n) is 5.25. The fourth-order valence-corrected chi connectivity index (χ4v) is 2.77. The van der Waals surface area contributed by atoms with Crippen LogP contribution in [-0.4, -0.2) is 34.1 Å². The number of benzene rings is 1. The first-order chi connectivity index (χ1) is 9.34. The normalized spacial score (nSPS) is 21.9. The van der Waals surface area contributed by atoms with E-state index in [1.54, 1.807) is 6.92 Å². The van der Waals surface area contributed by atoms with Gasteiger partial charge in [-0.1, -0.05) is 6.07 Å². The Kier molecular flexibility index (Phi) is 4.04. The standard InChI is InChI=1S/C14H17BrN2O3/c1-9-4-5-10(15)11(8-9)16-13(20)17-7-3-6-14(17,2)12(18)19/h4-5,8H,3,6-7H2,1-2H3,(H,16,20)(H,18,19). The van der Waals surface area contributed by atoms with Crippen LogP contribution in [0.2, 0.25) is 0 Å². The topological polar surface area (TPSA) is 69.6 Å². The summed E-state index contributed by atoms with van der Waals surface area (Å²) < 4.78 is 0.771. The number of aliphatic carboxylic acids is 1. The number of carbonyl (C=O) groups excluding carboxylic acids is 1. The lowest BCUT2D eigenvalue weighted by Gasteiger charge is -2.31. The highest BCUT2D eigenvalue weighted by Crippen LogP contribution is 2.31. The van der Waals surface area contributed by atoms with Crippen LogP contribution in [0.3, 0.4) is 0 Å². The second-order valence-corrected chi connectivity index (χ2v) is 6.10. The van der Waals surface area contributed by atoms with E-state index in [0.29, 0.717) is 25.1 Å². The van der Waals surface area contributed by atoms with Crippen LogP contribution in [0, 0.1) is 6.92 Å². The minimum Gasteiger partial charge on any atom is -0.480 e. The van der Waals surface area contributed by atoms with Crippen molar-refractivity contribution in [1.29, 1.82) is 0 Å². The van der Waals surface area contributed by atoms with E-state index in [4.69, 9.17) is 0 Å². The first-order valence-electron chi connectivity index (χ1n) is 6.43. The van der Waals surface area contributed by atoms with Crippen LogP contribution in [0.4, 0.5) is 10.5 Å². The van der Waals surface area contributed by atoms with Crippen molar-refractivity contribution in [3.63, 3.8) is 0 Å². The number of hydrogen-bond acceptors (Lipinski definition) is 2. The monoisotopic (exact) mass is 340 g/mol. The maximum atomic E-state index is 12.3. The maximum Gasteiger partial charge on any atom is 0.329 e. The number of anilines is 1. The molecule has 1 aliphatic rings. The first kappa shape index (κ1) is 14.8. The molecule has 20 heavy (non-hydrogen) atoms. The van der Waals surface area contributed by atoms with Crippen molar-refractivity contribution in [2.45, 2.75) is 32.2 Å². The van der Waals surface area contributed by atoms with Gasteiger partial charge in [0.15, 0.2) is 0 Å². The van der Waals surface area contributed by atoms with Gasteiger partial charge in [0.2, 0.25) is 0 Å². The van der Waals surface area contributed by atoms with Gasteiger partial charge in [0.1, 0.15) is 5.54 Å². The Morgan fingerprint density at radius 1 is 1.45 bits per heavy atom. The van der Waals surface area contributed by atoms with Gasteiger partial charge in [0.05, 0.1) is 5.69 Å². The molecule has 1 aromatic carbocycles. The predicted molar refractivity (Wildman–Crippen MR) is 79.9 cm³/mol. The molecule has 0 aromatic heterocycles. The van der Waals surface area contributed by atoms with Crippen LogP contribution in [0.5, 0.6) is 0 Å². The molecule has 2 N–H and O–H groups in total. The van der Waals surface area contributed by atoms with Crippen LogP contribution >= 0.6 is 15.9 Å². The summed E-state index contributed by atoms with van der Waals surface area (Å²) >= 11 is 3.38. The van der Waals surface area contributed by atoms with Gasteiger partial charge in [-0.2, -0.15) is 0 Å². The summed E-state index contributed by atoms with van der Waals surface area (Å²) in [6.45, 7) is 3.98. The lowest BCUT2D eigenvalue weighted by molar-refractivity contribution is -0.146. The number of nitrogens with one attached hydrogen (secondary N) is 1. The fraction of sp³-hybridized carbons (Fsp3) is 0.429. The number of carboxylic acids is 1. The Morgan fingerprint density at radius 2 is 2.15 bits per heavy atom. The van der Waals surface area contributed by atoms with Crippen molar-refractivity contribution in [3.05, 3.63) is 28.2 Å². The van der Waals surface area contributed by atoms with Gasteiger partial charge in [-0.25, -0.2) is 9.59 Å². The van der Waals surface area contributed by atoms with Gasteiger partial charge in [-0.3, -0.25) is 0 Å². The van der Waals surface area contributed by atoms with Gasteiger partial charge >= 0.3 is 12.0 Å². The lowest BCUT2D eigenvalue weighted by Crippen LogP contribution is -2.52. The van der Waals surface area contributed by atoms with Crippen LogP contribution in [0.1, 0.15) is 25.3 Å². The van der Waals surface area contributed by atoms with Crippen LogP contribution in [0.15, 0.2) is 22.7 Å².